The fraction of sp³-hybridized carbons (Fsp3) is 0.143. The van der Waals surface area contributed by atoms with Crippen molar-refractivity contribution in [1.29, 1.82) is 0 Å². The molecule has 1 aliphatic carbocycles. The Morgan fingerprint density at radius 3 is 2.61 bits per heavy atom. The quantitative estimate of drug-likeness (QED) is 0.319. The van der Waals surface area contributed by atoms with Crippen LogP contribution in [0.5, 0.6) is 5.88 Å². The lowest BCUT2D eigenvalue weighted by molar-refractivity contribution is 0.0592. The second kappa shape index (κ2) is 9.37. The van der Waals surface area contributed by atoms with E-state index in [0.29, 0.717) is 39.3 Å². The van der Waals surface area contributed by atoms with Crippen molar-refractivity contribution < 1.29 is 19.1 Å². The summed E-state index contributed by atoms with van der Waals surface area (Å²) in [7, 11) is 1.42. The normalized spacial score (nSPS) is 20.6. The molecule has 6 nitrogen and oxygen atoms in total. The van der Waals surface area contributed by atoms with Crippen LogP contribution in [-0.2, 0) is 12.1 Å². The van der Waals surface area contributed by atoms with Gasteiger partial charge in [0.2, 0.25) is 5.88 Å². The third kappa shape index (κ3) is 3.65. The molecule has 2 atom stereocenters. The van der Waals surface area contributed by atoms with Crippen LogP contribution in [0.15, 0.2) is 72.8 Å². The summed E-state index contributed by atoms with van der Waals surface area (Å²) in [5, 5.41) is -0.280. The number of methoxy groups -OCH3 is 1. The van der Waals surface area contributed by atoms with Gasteiger partial charge in [0.25, 0.3) is 5.91 Å². The van der Waals surface area contributed by atoms with E-state index in [9.17, 15) is 14.4 Å². The number of hydrogen-bond acceptors (Lipinski definition) is 5. The average Bonchev–Trinajstić information content (AvgIpc) is 3.24. The monoisotopic (exact) mass is 518 g/mol. The van der Waals surface area contributed by atoms with Crippen LogP contribution in [0.3, 0.4) is 0 Å². The summed E-state index contributed by atoms with van der Waals surface area (Å²) in [6, 6.07) is 15.6. The summed E-state index contributed by atoms with van der Waals surface area (Å²) in [6.07, 6.45) is 6.93. The highest BCUT2D eigenvalue weighted by Gasteiger charge is 2.52. The third-order valence-corrected chi connectivity index (χ3v) is 7.50. The summed E-state index contributed by atoms with van der Waals surface area (Å²) < 4.78 is 5.37. The van der Waals surface area contributed by atoms with Crippen LogP contribution in [0.2, 0.25) is 5.02 Å². The largest absolute Gasteiger partial charge is 0.480 e. The molecule has 2 unspecified atom stereocenters. The summed E-state index contributed by atoms with van der Waals surface area (Å²) in [5.41, 5.74) is 2.57. The van der Waals surface area contributed by atoms with E-state index in [4.69, 9.17) is 27.9 Å². The number of carbonyl (C=O) groups is 3. The van der Waals surface area contributed by atoms with Gasteiger partial charge in [-0.3, -0.25) is 14.4 Å². The van der Waals surface area contributed by atoms with E-state index in [1.807, 2.05) is 36.4 Å². The fourth-order valence-electron chi connectivity index (χ4n) is 4.85. The average molecular weight is 519 g/mol. The number of rotatable bonds is 6. The molecule has 180 valence electrons. The number of aldehydes is 2. The van der Waals surface area contributed by atoms with Crippen LogP contribution in [-0.4, -0.2) is 40.9 Å². The van der Waals surface area contributed by atoms with Gasteiger partial charge in [-0.1, -0.05) is 54.1 Å². The zero-order chi connectivity index (χ0) is 25.4. The number of ether oxygens (including phenoxy) is 1. The molecule has 0 spiro atoms. The molecule has 2 heterocycles. The highest BCUT2D eigenvalue weighted by atomic mass is 35.5. The molecule has 1 amide bonds. The van der Waals surface area contributed by atoms with E-state index in [2.05, 4.69) is 4.98 Å². The Kier molecular flexibility index (Phi) is 6.24. The molecule has 8 heteroatoms. The molecular weight excluding hydrogens is 499 g/mol. The first-order chi connectivity index (χ1) is 17.4. The Morgan fingerprint density at radius 2 is 1.89 bits per heavy atom. The smallest absolute Gasteiger partial charge is 0.255 e. The number of halogens is 2. The number of nitrogens with zero attached hydrogens (tertiary/aromatic N) is 2. The summed E-state index contributed by atoms with van der Waals surface area (Å²) in [5.74, 6) is -0.126. The van der Waals surface area contributed by atoms with Gasteiger partial charge in [-0.2, -0.15) is 0 Å². The van der Waals surface area contributed by atoms with E-state index >= 15 is 0 Å². The number of benzene rings is 2. The Bertz CT molecular complexity index is 1470. The maximum Gasteiger partial charge on any atom is 0.255 e. The number of alkyl halides is 1. The van der Waals surface area contributed by atoms with Crippen LogP contribution in [0.25, 0.3) is 5.57 Å². The van der Waals surface area contributed by atoms with Gasteiger partial charge in [-0.15, -0.1) is 11.6 Å². The molecule has 3 aromatic rings. The summed E-state index contributed by atoms with van der Waals surface area (Å²) in [4.78, 5) is 43.0. The van der Waals surface area contributed by atoms with Crippen molar-refractivity contribution in [3.05, 3.63) is 111 Å². The van der Waals surface area contributed by atoms with Crippen molar-refractivity contribution in [1.82, 2.24) is 9.88 Å². The van der Waals surface area contributed by atoms with Gasteiger partial charge in [0.1, 0.15) is 11.8 Å². The Hall–Kier alpha value is -3.74. The van der Waals surface area contributed by atoms with Crippen molar-refractivity contribution in [2.45, 2.75) is 17.5 Å². The van der Waals surface area contributed by atoms with Crippen LogP contribution in [0.4, 0.5) is 0 Å². The zero-order valence-electron chi connectivity index (χ0n) is 19.2. The molecule has 0 radical (unpaired) electrons. The maximum absolute atomic E-state index is 13.8. The lowest BCUT2D eigenvalue weighted by Crippen LogP contribution is -2.52. The van der Waals surface area contributed by atoms with E-state index < -0.39 is 10.9 Å². The number of hydrogen-bond donors (Lipinski definition) is 0. The Labute approximate surface area is 217 Å². The minimum atomic E-state index is -1.25. The molecule has 36 heavy (non-hydrogen) atoms. The summed E-state index contributed by atoms with van der Waals surface area (Å²) >= 11 is 13.8. The van der Waals surface area contributed by atoms with E-state index in [1.165, 1.54) is 7.11 Å². The SMILES string of the molecule is COc1nc(C2(N3Cc4cc(C=O)ccc4C3=O)C=CC=C(c3ccccc3Cl)C2Cl)ccc1C=O. The molecule has 1 aromatic heterocycles. The minimum absolute atomic E-state index is 0.125. The molecular formula is C28H20Cl2N2O4. The Balaban J connectivity index is 1.71. The van der Waals surface area contributed by atoms with Crippen molar-refractivity contribution in [2.24, 2.45) is 0 Å². The molecule has 2 aromatic carbocycles. The molecule has 0 fully saturated rings. The molecule has 0 bridgehead atoms. The standard InChI is InChI=1S/C28H20Cl2N2O4/c1-36-26-18(16-34)9-11-24(31-26)28(32-14-19-13-17(15-33)8-10-20(19)27(32)35)12-4-6-22(25(28)30)21-5-2-3-7-23(21)29/h2-13,15-16,25H,14H2,1H3. The molecule has 0 saturated carbocycles. The Morgan fingerprint density at radius 1 is 1.08 bits per heavy atom. The van der Waals surface area contributed by atoms with Crippen LogP contribution >= 0.6 is 23.2 Å². The molecule has 1 aliphatic heterocycles. The highest BCUT2D eigenvalue weighted by molar-refractivity contribution is 6.34. The minimum Gasteiger partial charge on any atom is -0.480 e. The van der Waals surface area contributed by atoms with Crippen LogP contribution in [0, 0.1) is 0 Å². The number of amides is 1. The number of carbonyl (C=O) groups excluding carboxylic acids is 3. The van der Waals surface area contributed by atoms with E-state index in [1.54, 1.807) is 41.3 Å². The first-order valence-electron chi connectivity index (χ1n) is 11.1. The third-order valence-electron chi connectivity index (χ3n) is 6.61. The first-order valence-corrected chi connectivity index (χ1v) is 11.9. The van der Waals surface area contributed by atoms with E-state index in [0.717, 1.165) is 11.8 Å². The number of aromatic nitrogens is 1. The highest BCUT2D eigenvalue weighted by Crippen LogP contribution is 2.49. The second-order valence-electron chi connectivity index (χ2n) is 8.49. The van der Waals surface area contributed by atoms with Crippen molar-refractivity contribution >= 4 is 47.3 Å². The lowest BCUT2D eigenvalue weighted by Gasteiger charge is -2.45. The van der Waals surface area contributed by atoms with Crippen LogP contribution < -0.4 is 4.74 Å². The number of allylic oxidation sites excluding steroid dienone is 2. The molecule has 2 aliphatic rings. The first kappa shape index (κ1) is 24.0. The maximum atomic E-state index is 13.8. The van der Waals surface area contributed by atoms with Gasteiger partial charge in [-0.05, 0) is 47.0 Å². The van der Waals surface area contributed by atoms with Gasteiger partial charge in [0.15, 0.2) is 6.29 Å². The number of pyridine rings is 1. The van der Waals surface area contributed by atoms with Gasteiger partial charge < -0.3 is 9.64 Å². The molecule has 5 rings (SSSR count). The van der Waals surface area contributed by atoms with Crippen molar-refractivity contribution in [2.75, 3.05) is 7.11 Å². The van der Waals surface area contributed by atoms with E-state index in [-0.39, 0.29) is 23.9 Å². The fourth-order valence-corrected chi connectivity index (χ4v) is 5.58. The molecule has 0 saturated heterocycles. The number of fused-ring (bicyclic) bond motifs is 1. The zero-order valence-corrected chi connectivity index (χ0v) is 20.7. The predicted molar refractivity (Wildman–Crippen MR) is 138 cm³/mol. The van der Waals surface area contributed by atoms with Crippen molar-refractivity contribution in [3.8, 4) is 5.88 Å². The van der Waals surface area contributed by atoms with Gasteiger partial charge in [0, 0.05) is 22.7 Å². The predicted octanol–water partition coefficient (Wildman–Crippen LogP) is 5.48. The van der Waals surface area contributed by atoms with Crippen LogP contribution in [0.1, 0.15) is 47.9 Å². The second-order valence-corrected chi connectivity index (χ2v) is 9.33. The van der Waals surface area contributed by atoms with Gasteiger partial charge in [0.05, 0.1) is 23.7 Å². The topological polar surface area (TPSA) is 76.6 Å². The van der Waals surface area contributed by atoms with Gasteiger partial charge >= 0.3 is 0 Å². The van der Waals surface area contributed by atoms with Gasteiger partial charge in [-0.25, -0.2) is 4.98 Å². The lowest BCUT2D eigenvalue weighted by atomic mass is 9.79. The molecule has 0 N–H and O–H groups in total. The van der Waals surface area contributed by atoms with Crippen molar-refractivity contribution in [3.63, 3.8) is 0 Å². The summed E-state index contributed by atoms with van der Waals surface area (Å²) in [6.45, 7) is 0.207.